The summed E-state index contributed by atoms with van der Waals surface area (Å²) in [5.41, 5.74) is 3.28. The highest BCUT2D eigenvalue weighted by atomic mass is 16.2. The fourth-order valence-corrected chi connectivity index (χ4v) is 5.60. The van der Waals surface area contributed by atoms with Crippen LogP contribution in [0.15, 0.2) is 24.4 Å². The molecule has 28 heavy (non-hydrogen) atoms. The summed E-state index contributed by atoms with van der Waals surface area (Å²) >= 11 is 0. The van der Waals surface area contributed by atoms with E-state index in [1.807, 2.05) is 11.0 Å². The van der Waals surface area contributed by atoms with Crippen molar-refractivity contribution in [2.24, 2.45) is 0 Å². The Balaban J connectivity index is 1.29. The number of hydrogen-bond donors (Lipinski definition) is 1. The Kier molecular flexibility index (Phi) is 4.89. The molecule has 3 fully saturated rings. The van der Waals surface area contributed by atoms with Crippen LogP contribution in [0.3, 0.4) is 0 Å². The van der Waals surface area contributed by atoms with E-state index in [4.69, 9.17) is 0 Å². The van der Waals surface area contributed by atoms with Crippen molar-refractivity contribution in [3.8, 4) is 0 Å². The van der Waals surface area contributed by atoms with E-state index in [-0.39, 0.29) is 5.91 Å². The summed E-state index contributed by atoms with van der Waals surface area (Å²) in [6.07, 6.45) is 10.1. The summed E-state index contributed by atoms with van der Waals surface area (Å²) < 4.78 is 0. The maximum absolute atomic E-state index is 13.1. The standard InChI is InChI=1S/C23H32N4O/c1-25-10-4-7-22(25)20-16-24-21-15-17(8-9-19(20)21)23(28)27-13-11-26(12-14-27)18-5-2-3-6-18/h8-9,15-16,18,22,24H,2-7,10-14H2,1H3. The predicted molar refractivity (Wildman–Crippen MR) is 113 cm³/mol. The zero-order valence-corrected chi connectivity index (χ0v) is 17.0. The van der Waals surface area contributed by atoms with Crippen molar-refractivity contribution >= 4 is 16.8 Å². The summed E-state index contributed by atoms with van der Waals surface area (Å²) in [5, 5.41) is 1.27. The third-order valence-corrected chi connectivity index (χ3v) is 7.28. The summed E-state index contributed by atoms with van der Waals surface area (Å²) in [4.78, 5) is 23.6. The lowest BCUT2D eigenvalue weighted by molar-refractivity contribution is 0.0573. The van der Waals surface area contributed by atoms with Crippen LogP contribution in [0.4, 0.5) is 0 Å². The number of aromatic amines is 1. The first-order chi connectivity index (χ1) is 13.7. The van der Waals surface area contributed by atoms with Gasteiger partial charge in [-0.2, -0.15) is 0 Å². The number of piperazine rings is 1. The van der Waals surface area contributed by atoms with Gasteiger partial charge in [-0.15, -0.1) is 0 Å². The van der Waals surface area contributed by atoms with E-state index in [1.165, 1.54) is 56.0 Å². The lowest BCUT2D eigenvalue weighted by Gasteiger charge is -2.38. The molecular weight excluding hydrogens is 348 g/mol. The van der Waals surface area contributed by atoms with Crippen LogP contribution in [0, 0.1) is 0 Å². The lowest BCUT2D eigenvalue weighted by atomic mass is 10.0. The Morgan fingerprint density at radius 2 is 1.79 bits per heavy atom. The molecule has 1 aliphatic carbocycles. The topological polar surface area (TPSA) is 42.6 Å². The zero-order valence-electron chi connectivity index (χ0n) is 17.0. The van der Waals surface area contributed by atoms with Gasteiger partial charge >= 0.3 is 0 Å². The number of nitrogens with one attached hydrogen (secondary N) is 1. The number of benzene rings is 1. The molecule has 5 heteroatoms. The van der Waals surface area contributed by atoms with Crippen LogP contribution in [-0.4, -0.2) is 71.4 Å². The number of amides is 1. The average molecular weight is 381 g/mol. The third-order valence-electron chi connectivity index (χ3n) is 7.28. The summed E-state index contributed by atoms with van der Waals surface area (Å²) in [5.74, 6) is 0.183. The number of fused-ring (bicyclic) bond motifs is 1. The molecule has 1 unspecified atom stereocenters. The molecule has 1 N–H and O–H groups in total. The first-order valence-electron chi connectivity index (χ1n) is 11.1. The molecule has 0 bridgehead atoms. The largest absolute Gasteiger partial charge is 0.361 e. The van der Waals surface area contributed by atoms with Gasteiger partial charge in [0.05, 0.1) is 0 Å². The van der Waals surface area contributed by atoms with Gasteiger partial charge in [0.1, 0.15) is 0 Å². The first kappa shape index (κ1) is 18.2. The number of aromatic nitrogens is 1. The molecule has 5 rings (SSSR count). The second kappa shape index (κ2) is 7.53. The number of rotatable bonds is 3. The molecule has 3 heterocycles. The van der Waals surface area contributed by atoms with Crippen LogP contribution in [0.2, 0.25) is 0 Å². The Bertz CT molecular complexity index is 845. The zero-order chi connectivity index (χ0) is 19.1. The minimum atomic E-state index is 0.183. The quantitative estimate of drug-likeness (QED) is 0.884. The normalized spacial score (nSPS) is 25.2. The fraction of sp³-hybridized carbons (Fsp3) is 0.609. The van der Waals surface area contributed by atoms with Gasteiger partial charge in [0.2, 0.25) is 0 Å². The van der Waals surface area contributed by atoms with Crippen molar-refractivity contribution < 1.29 is 4.79 Å². The first-order valence-corrected chi connectivity index (χ1v) is 11.1. The van der Waals surface area contributed by atoms with E-state index in [1.54, 1.807) is 0 Å². The molecule has 150 valence electrons. The minimum absolute atomic E-state index is 0.183. The minimum Gasteiger partial charge on any atom is -0.361 e. The summed E-state index contributed by atoms with van der Waals surface area (Å²) in [7, 11) is 2.21. The van der Waals surface area contributed by atoms with Crippen LogP contribution in [-0.2, 0) is 0 Å². The lowest BCUT2D eigenvalue weighted by Crippen LogP contribution is -2.51. The van der Waals surface area contributed by atoms with Crippen molar-refractivity contribution in [1.82, 2.24) is 19.7 Å². The molecule has 0 spiro atoms. The highest BCUT2D eigenvalue weighted by Crippen LogP contribution is 2.35. The van der Waals surface area contributed by atoms with Gasteiger partial charge in [-0.25, -0.2) is 0 Å². The number of carbonyl (C=O) groups excluding carboxylic acids is 1. The van der Waals surface area contributed by atoms with E-state index >= 15 is 0 Å². The Hall–Kier alpha value is -1.85. The van der Waals surface area contributed by atoms with Crippen LogP contribution >= 0.6 is 0 Å². The van der Waals surface area contributed by atoms with Gasteiger partial charge in [0.15, 0.2) is 0 Å². The van der Waals surface area contributed by atoms with Gasteiger partial charge in [0.25, 0.3) is 5.91 Å². The number of H-pyrrole nitrogens is 1. The van der Waals surface area contributed by atoms with Gasteiger partial charge in [0, 0.05) is 60.9 Å². The molecule has 0 radical (unpaired) electrons. The average Bonchev–Trinajstić information content (AvgIpc) is 3.48. The maximum atomic E-state index is 13.1. The van der Waals surface area contributed by atoms with E-state index < -0.39 is 0 Å². The van der Waals surface area contributed by atoms with Crippen LogP contribution in [0.25, 0.3) is 10.9 Å². The Labute approximate surface area is 167 Å². The van der Waals surface area contributed by atoms with E-state index in [0.29, 0.717) is 6.04 Å². The van der Waals surface area contributed by atoms with E-state index in [2.05, 4.69) is 40.2 Å². The maximum Gasteiger partial charge on any atom is 0.254 e. The Morgan fingerprint density at radius 1 is 1.00 bits per heavy atom. The van der Waals surface area contributed by atoms with E-state index in [0.717, 1.165) is 43.3 Å². The second-order valence-electron chi connectivity index (χ2n) is 8.91. The molecule has 1 saturated carbocycles. The molecule has 1 aromatic heterocycles. The number of likely N-dealkylation sites (tertiary alicyclic amines) is 1. The van der Waals surface area contributed by atoms with E-state index in [9.17, 15) is 4.79 Å². The fourth-order valence-electron chi connectivity index (χ4n) is 5.60. The second-order valence-corrected chi connectivity index (χ2v) is 8.91. The summed E-state index contributed by atoms with van der Waals surface area (Å²) in [6.45, 7) is 4.94. The van der Waals surface area contributed by atoms with Gasteiger partial charge in [-0.3, -0.25) is 14.6 Å². The molecule has 2 aliphatic heterocycles. The van der Waals surface area contributed by atoms with Gasteiger partial charge in [-0.05, 0) is 57.0 Å². The van der Waals surface area contributed by atoms with Crippen LogP contribution in [0.5, 0.6) is 0 Å². The number of carbonyl (C=O) groups is 1. The number of nitrogens with zero attached hydrogens (tertiary/aromatic N) is 3. The van der Waals surface area contributed by atoms with Crippen molar-refractivity contribution in [1.29, 1.82) is 0 Å². The van der Waals surface area contributed by atoms with Crippen molar-refractivity contribution in [3.05, 3.63) is 35.5 Å². The van der Waals surface area contributed by atoms with Crippen molar-refractivity contribution in [2.45, 2.75) is 50.6 Å². The van der Waals surface area contributed by atoms with Crippen LogP contribution < -0.4 is 0 Å². The monoisotopic (exact) mass is 380 g/mol. The molecule has 5 nitrogen and oxygen atoms in total. The highest BCUT2D eigenvalue weighted by Gasteiger charge is 2.29. The van der Waals surface area contributed by atoms with Crippen molar-refractivity contribution in [3.63, 3.8) is 0 Å². The molecule has 2 saturated heterocycles. The Morgan fingerprint density at radius 3 is 2.50 bits per heavy atom. The molecule has 1 atom stereocenters. The van der Waals surface area contributed by atoms with Crippen molar-refractivity contribution in [2.75, 3.05) is 39.8 Å². The summed E-state index contributed by atoms with van der Waals surface area (Å²) in [6, 6.07) is 7.49. The molecule has 3 aliphatic rings. The molecule has 1 amide bonds. The molecular formula is C23H32N4O. The third kappa shape index (κ3) is 3.25. The SMILES string of the molecule is CN1CCCC1c1c[nH]c2cc(C(=O)N3CCN(C4CCCC4)CC3)ccc12. The highest BCUT2D eigenvalue weighted by molar-refractivity contribution is 5.98. The van der Waals surface area contributed by atoms with Gasteiger partial charge < -0.3 is 9.88 Å². The predicted octanol–water partition coefficient (Wildman–Crippen LogP) is 3.64. The molecule has 2 aromatic rings. The number of hydrogen-bond acceptors (Lipinski definition) is 3. The van der Waals surface area contributed by atoms with Crippen LogP contribution in [0.1, 0.15) is 60.5 Å². The van der Waals surface area contributed by atoms with Gasteiger partial charge in [-0.1, -0.05) is 18.9 Å². The smallest absolute Gasteiger partial charge is 0.254 e. The molecule has 1 aromatic carbocycles.